The molecule has 0 radical (unpaired) electrons. The number of aromatic hydroxyl groups is 1. The molecule has 0 unspecified atom stereocenters. The maximum atomic E-state index is 10.3. The summed E-state index contributed by atoms with van der Waals surface area (Å²) in [6.07, 6.45) is 0. The smallest absolute Gasteiger partial charge is 0.507 e. The average Bonchev–Trinajstić information content (AvgIpc) is 2.27. The van der Waals surface area contributed by atoms with Crippen LogP contribution in [0.5, 0.6) is 5.75 Å². The van der Waals surface area contributed by atoms with Crippen molar-refractivity contribution in [2.75, 3.05) is 17.2 Å². The van der Waals surface area contributed by atoms with E-state index in [1.54, 1.807) is 12.1 Å². The number of hydrogen-bond donors (Lipinski definition) is 5. The van der Waals surface area contributed by atoms with E-state index in [9.17, 15) is 4.79 Å². The SMILES string of the molecule is Nc1nc(N)nc(N)n1.O=C(O)c1ccccc1O.[H+].[Zn]. The Labute approximate surface area is 128 Å². The van der Waals surface area contributed by atoms with Gasteiger partial charge in [-0.15, -0.1) is 0 Å². The monoisotopic (exact) mass is 329 g/mol. The van der Waals surface area contributed by atoms with Crippen LogP contribution in [-0.4, -0.2) is 31.1 Å². The number of carbonyl (C=O) groups is 1. The van der Waals surface area contributed by atoms with Crippen molar-refractivity contribution in [1.29, 1.82) is 0 Å². The number of aromatic carboxylic acids is 1. The Morgan fingerprint density at radius 1 is 1.00 bits per heavy atom. The first-order valence-corrected chi connectivity index (χ1v) is 4.94. The molecule has 2 aromatic rings. The van der Waals surface area contributed by atoms with Gasteiger partial charge in [0.2, 0.25) is 17.8 Å². The van der Waals surface area contributed by atoms with Crippen molar-refractivity contribution in [3.05, 3.63) is 29.8 Å². The van der Waals surface area contributed by atoms with Gasteiger partial charge in [-0.25, -0.2) is 4.79 Å². The normalized spacial score (nSPS) is 8.80. The minimum absolute atomic E-state index is 0. The number of carboxylic acids is 1. The Hall–Kier alpha value is -2.48. The number of carboxylic acid groups (broad SMARTS) is 1. The topological polar surface area (TPSA) is 174 Å². The second-order valence-corrected chi connectivity index (χ2v) is 3.23. The van der Waals surface area contributed by atoms with Gasteiger partial charge in [-0.05, 0) is 12.1 Å². The molecule has 2 rings (SSSR count). The van der Waals surface area contributed by atoms with Gasteiger partial charge < -0.3 is 27.4 Å². The molecule has 0 atom stereocenters. The van der Waals surface area contributed by atoms with Gasteiger partial charge in [0.25, 0.3) is 0 Å². The van der Waals surface area contributed by atoms with Crippen molar-refractivity contribution in [2.45, 2.75) is 0 Å². The summed E-state index contributed by atoms with van der Waals surface area (Å²) in [7, 11) is 0. The molecule has 0 aliphatic rings. The maximum Gasteiger partial charge on any atom is 1.00 e. The second kappa shape index (κ2) is 7.85. The van der Waals surface area contributed by atoms with Gasteiger partial charge in [0.05, 0.1) is 0 Å². The van der Waals surface area contributed by atoms with Crippen LogP contribution in [-0.2, 0) is 19.5 Å². The number of nitrogens with two attached hydrogens (primary N) is 3. The molecule has 1 aromatic heterocycles. The molecule has 102 valence electrons. The first-order valence-electron chi connectivity index (χ1n) is 4.94. The Balaban J connectivity index is 0. The maximum absolute atomic E-state index is 10.3. The fraction of sp³-hybridized carbons (Fsp3) is 0. The molecule has 10 heteroatoms. The van der Waals surface area contributed by atoms with Crippen molar-refractivity contribution in [2.24, 2.45) is 0 Å². The Kier molecular flexibility index (Phi) is 6.88. The van der Waals surface area contributed by atoms with E-state index in [-0.39, 0.29) is 50.1 Å². The molecule has 1 heterocycles. The van der Waals surface area contributed by atoms with Crippen LogP contribution in [0.4, 0.5) is 17.8 Å². The minimum Gasteiger partial charge on any atom is -0.507 e. The predicted octanol–water partition coefficient (Wildman–Crippen LogP) is -0.181. The third-order valence-electron chi connectivity index (χ3n) is 1.82. The number of aromatic nitrogens is 3. The fourth-order valence-corrected chi connectivity index (χ4v) is 1.08. The van der Waals surface area contributed by atoms with Gasteiger partial charge in [-0.3, -0.25) is 0 Å². The zero-order valence-electron chi connectivity index (χ0n) is 11.4. The van der Waals surface area contributed by atoms with Crippen LogP contribution in [0, 0.1) is 0 Å². The number of benzene rings is 1. The molecule has 0 saturated heterocycles. The van der Waals surface area contributed by atoms with Crippen LogP contribution in [0.25, 0.3) is 0 Å². The number of nitrogen functional groups attached to an aromatic ring is 3. The molecular formula is C10H13N6O3Zn+. The van der Waals surface area contributed by atoms with E-state index in [4.69, 9.17) is 27.4 Å². The van der Waals surface area contributed by atoms with Gasteiger partial charge in [-0.1, -0.05) is 12.1 Å². The van der Waals surface area contributed by atoms with E-state index < -0.39 is 5.97 Å². The third kappa shape index (κ3) is 5.44. The Morgan fingerprint density at radius 2 is 1.40 bits per heavy atom. The number of para-hydroxylation sites is 1. The summed E-state index contributed by atoms with van der Waals surface area (Å²) in [6, 6.07) is 5.81. The Morgan fingerprint density at radius 3 is 1.70 bits per heavy atom. The van der Waals surface area contributed by atoms with Crippen LogP contribution in [0.15, 0.2) is 24.3 Å². The molecule has 0 fully saturated rings. The van der Waals surface area contributed by atoms with Crippen molar-refractivity contribution < 1.29 is 35.9 Å². The zero-order valence-corrected chi connectivity index (χ0v) is 13.4. The summed E-state index contributed by atoms with van der Waals surface area (Å²) < 4.78 is 0. The molecule has 9 nitrogen and oxygen atoms in total. The van der Waals surface area contributed by atoms with E-state index in [2.05, 4.69) is 15.0 Å². The van der Waals surface area contributed by atoms with E-state index in [0.29, 0.717) is 0 Å². The number of rotatable bonds is 1. The number of hydrogen-bond acceptors (Lipinski definition) is 8. The van der Waals surface area contributed by atoms with Gasteiger partial charge in [0.15, 0.2) is 0 Å². The standard InChI is InChI=1S/C7H6O3.C3H6N6.Zn/c8-6-4-2-1-3-5(6)7(9)10;4-1-7-2(5)9-3(6)8-1;/h1-4,8H,(H,9,10);(H6,4,5,6,7,8,9);/p+1. The molecule has 0 bridgehead atoms. The average molecular weight is 331 g/mol. The van der Waals surface area contributed by atoms with Gasteiger partial charge in [0, 0.05) is 19.5 Å². The molecule has 0 saturated carbocycles. The van der Waals surface area contributed by atoms with Crippen molar-refractivity contribution in [3.8, 4) is 5.75 Å². The van der Waals surface area contributed by atoms with Crippen LogP contribution in [0.3, 0.4) is 0 Å². The zero-order chi connectivity index (χ0) is 14.4. The van der Waals surface area contributed by atoms with E-state index >= 15 is 0 Å². The third-order valence-corrected chi connectivity index (χ3v) is 1.82. The summed E-state index contributed by atoms with van der Waals surface area (Å²) in [5.41, 5.74) is 15.3. The summed E-state index contributed by atoms with van der Waals surface area (Å²) in [5, 5.41) is 17.3. The van der Waals surface area contributed by atoms with Crippen LogP contribution in [0.1, 0.15) is 11.8 Å². The largest absolute Gasteiger partial charge is 1.00 e. The van der Waals surface area contributed by atoms with Crippen molar-refractivity contribution in [1.82, 2.24) is 15.0 Å². The van der Waals surface area contributed by atoms with Gasteiger partial charge in [0.1, 0.15) is 11.3 Å². The summed E-state index contributed by atoms with van der Waals surface area (Å²) in [6.45, 7) is 0. The van der Waals surface area contributed by atoms with Crippen LogP contribution in [0.2, 0.25) is 0 Å². The number of anilines is 3. The summed E-state index contributed by atoms with van der Waals surface area (Å²) >= 11 is 0. The first kappa shape index (κ1) is 17.5. The first-order chi connectivity index (χ1) is 8.90. The molecule has 0 aliphatic heterocycles. The molecule has 20 heavy (non-hydrogen) atoms. The molecule has 0 amide bonds. The van der Waals surface area contributed by atoms with E-state index in [0.717, 1.165) is 0 Å². The molecular weight excluding hydrogens is 318 g/mol. The molecule has 0 aliphatic carbocycles. The van der Waals surface area contributed by atoms with Gasteiger partial charge >= 0.3 is 7.40 Å². The van der Waals surface area contributed by atoms with Crippen LogP contribution < -0.4 is 17.2 Å². The second-order valence-electron chi connectivity index (χ2n) is 3.23. The summed E-state index contributed by atoms with van der Waals surface area (Å²) in [5.74, 6) is -1.19. The minimum atomic E-state index is -1.11. The number of nitrogens with zero attached hydrogens (tertiary/aromatic N) is 3. The Bertz CT molecular complexity index is 550. The van der Waals surface area contributed by atoms with Gasteiger partial charge in [-0.2, -0.15) is 15.0 Å². The number of phenols is 1. The van der Waals surface area contributed by atoms with Crippen molar-refractivity contribution >= 4 is 23.8 Å². The summed E-state index contributed by atoms with van der Waals surface area (Å²) in [4.78, 5) is 20.7. The fourth-order valence-electron chi connectivity index (χ4n) is 1.08. The molecule has 0 spiro atoms. The van der Waals surface area contributed by atoms with Crippen LogP contribution >= 0.6 is 0 Å². The van der Waals surface area contributed by atoms with Crippen molar-refractivity contribution in [3.63, 3.8) is 0 Å². The quantitative estimate of drug-likeness (QED) is 0.444. The molecule has 8 N–H and O–H groups in total. The van der Waals surface area contributed by atoms with E-state index in [1.165, 1.54) is 12.1 Å². The predicted molar refractivity (Wildman–Crippen MR) is 69.2 cm³/mol. The molecule has 1 aromatic carbocycles. The van der Waals surface area contributed by atoms with E-state index in [1.807, 2.05) is 0 Å².